The number of benzene rings is 2. The number of hydrogen-bond donors (Lipinski definition) is 2. The van der Waals surface area contributed by atoms with Crippen molar-refractivity contribution in [1.82, 2.24) is 10.6 Å². The lowest BCUT2D eigenvalue weighted by atomic mass is 9.53. The van der Waals surface area contributed by atoms with Gasteiger partial charge < -0.3 is 20.1 Å². The molecule has 5 rings (SSSR count). The second-order valence-corrected chi connectivity index (χ2v) is 8.67. The molecule has 2 aliphatic heterocycles. The van der Waals surface area contributed by atoms with Crippen LogP contribution < -0.4 is 15.4 Å². The predicted molar refractivity (Wildman–Crippen MR) is 118 cm³/mol. The van der Waals surface area contributed by atoms with Gasteiger partial charge in [-0.1, -0.05) is 30.3 Å². The maximum Gasteiger partial charge on any atom is 0.254 e. The topological polar surface area (TPSA) is 76.7 Å². The van der Waals surface area contributed by atoms with Gasteiger partial charge >= 0.3 is 0 Å². The molecule has 8 heteroatoms. The first-order valence-electron chi connectivity index (χ1n) is 10.5. The highest BCUT2D eigenvalue weighted by Crippen LogP contribution is 2.47. The summed E-state index contributed by atoms with van der Waals surface area (Å²) >= 11 is 0. The smallest absolute Gasteiger partial charge is 0.254 e. The Morgan fingerprint density at radius 2 is 1.80 bits per heavy atom. The minimum atomic E-state index is -0.473. The number of rotatable bonds is 4. The molecule has 2 N–H and O–H groups in total. The molecule has 3 aliphatic rings. The highest BCUT2D eigenvalue weighted by atomic mass is 16.5. The van der Waals surface area contributed by atoms with Crippen molar-refractivity contribution in [2.24, 2.45) is 11.8 Å². The van der Waals surface area contributed by atoms with Gasteiger partial charge in [0.05, 0.1) is 24.8 Å². The van der Waals surface area contributed by atoms with Crippen molar-refractivity contribution in [3.05, 3.63) is 64.7 Å². The van der Waals surface area contributed by atoms with Crippen molar-refractivity contribution in [2.45, 2.75) is 17.4 Å². The van der Waals surface area contributed by atoms with Crippen LogP contribution in [0.15, 0.2) is 42.5 Å². The van der Waals surface area contributed by atoms with E-state index in [0.717, 1.165) is 11.1 Å². The van der Waals surface area contributed by atoms with Crippen molar-refractivity contribution in [2.75, 3.05) is 20.3 Å². The van der Waals surface area contributed by atoms with Gasteiger partial charge in [0.15, 0.2) is 7.85 Å². The lowest BCUT2D eigenvalue weighted by molar-refractivity contribution is 0.0929. The number of ether oxygens (including phenoxy) is 2. The predicted octanol–water partition coefficient (Wildman–Crippen LogP) is -0.351. The van der Waals surface area contributed by atoms with Crippen molar-refractivity contribution in [3.8, 4) is 5.75 Å². The highest BCUT2D eigenvalue weighted by molar-refractivity contribution is 6.27. The molecule has 2 unspecified atom stereocenters. The van der Waals surface area contributed by atoms with Crippen LogP contribution in [0.4, 0.5) is 0 Å². The van der Waals surface area contributed by atoms with Crippen molar-refractivity contribution in [3.63, 3.8) is 0 Å². The van der Waals surface area contributed by atoms with Gasteiger partial charge in [-0.05, 0) is 17.7 Å². The number of carbonyl (C=O) groups is 2. The number of hydrogen-bond acceptors (Lipinski definition) is 4. The minimum Gasteiger partial charge on any atom is -0.498 e. The second kappa shape index (κ2) is 6.91. The van der Waals surface area contributed by atoms with E-state index in [0.29, 0.717) is 41.9 Å². The first-order valence-corrected chi connectivity index (χ1v) is 10.5. The van der Waals surface area contributed by atoms with E-state index in [1.165, 1.54) is 0 Å². The zero-order valence-electron chi connectivity index (χ0n) is 17.4. The molecule has 30 heavy (non-hydrogen) atoms. The summed E-state index contributed by atoms with van der Waals surface area (Å²) in [4.78, 5) is 25.8. The number of carbonyl (C=O) groups excluding carboxylic acids is 2. The molecular formula is C22H24B2N2O4. The largest absolute Gasteiger partial charge is 0.498 e. The van der Waals surface area contributed by atoms with Crippen molar-refractivity contribution >= 4 is 27.5 Å². The molecule has 2 fully saturated rings. The van der Waals surface area contributed by atoms with E-state index in [1.807, 2.05) is 32.1 Å². The number of nitrogens with one attached hydrogen (secondary N) is 2. The molecule has 2 heterocycles. The summed E-state index contributed by atoms with van der Waals surface area (Å²) in [5, 5.41) is 5.34. The monoisotopic (exact) mass is 402 g/mol. The maximum absolute atomic E-state index is 13.1. The molecule has 1 saturated heterocycles. The van der Waals surface area contributed by atoms with Crippen LogP contribution in [0.3, 0.4) is 0 Å². The average molecular weight is 402 g/mol. The minimum absolute atomic E-state index is 0.155. The molecule has 2 aromatic carbocycles. The van der Waals surface area contributed by atoms with Crippen LogP contribution in [0.1, 0.15) is 31.8 Å². The van der Waals surface area contributed by atoms with Crippen LogP contribution in [-0.2, 0) is 10.1 Å². The Hall–Kier alpha value is -2.73. The van der Waals surface area contributed by atoms with Crippen LogP contribution >= 0.6 is 0 Å². The Morgan fingerprint density at radius 3 is 2.47 bits per heavy atom. The first-order chi connectivity index (χ1) is 14.4. The van der Waals surface area contributed by atoms with E-state index < -0.39 is 5.31 Å². The fraction of sp³-hybridized carbons (Fsp3) is 0.364. The SMILES string of the molecule is BC1Oc2c(C(=O)NC)cc(C(=O)N[C@H]3[C@@H]4COC[C@@H]43)cc2C1(B)c1ccccc1. The van der Waals surface area contributed by atoms with E-state index in [9.17, 15) is 9.59 Å². The summed E-state index contributed by atoms with van der Waals surface area (Å²) in [6.45, 7) is 1.42. The molecule has 0 aromatic heterocycles. The lowest BCUT2D eigenvalue weighted by Gasteiger charge is -2.29. The summed E-state index contributed by atoms with van der Waals surface area (Å²) in [5.74, 6) is 0.973. The summed E-state index contributed by atoms with van der Waals surface area (Å²) < 4.78 is 11.6. The Bertz CT molecular complexity index is 1020. The molecule has 1 aliphatic carbocycles. The lowest BCUT2D eigenvalue weighted by Crippen LogP contribution is -2.40. The zero-order chi connectivity index (χ0) is 21.0. The number of fused-ring (bicyclic) bond motifs is 2. The van der Waals surface area contributed by atoms with Gasteiger partial charge in [-0.3, -0.25) is 9.59 Å². The van der Waals surface area contributed by atoms with E-state index in [-0.39, 0.29) is 23.9 Å². The Balaban J connectivity index is 1.57. The fourth-order valence-electron chi connectivity index (χ4n) is 4.95. The van der Waals surface area contributed by atoms with Gasteiger partial charge in [-0.2, -0.15) is 0 Å². The van der Waals surface area contributed by atoms with E-state index in [4.69, 9.17) is 9.47 Å². The van der Waals surface area contributed by atoms with Crippen LogP contribution in [0.5, 0.6) is 5.75 Å². The molecule has 2 aromatic rings. The molecule has 0 spiro atoms. The third kappa shape index (κ3) is 2.77. The molecule has 5 atom stereocenters. The molecule has 152 valence electrons. The third-order valence-corrected chi connectivity index (χ3v) is 7.11. The molecule has 2 amide bonds. The van der Waals surface area contributed by atoms with Gasteiger partial charge in [-0.15, -0.1) is 0 Å². The number of amides is 2. The van der Waals surface area contributed by atoms with Gasteiger partial charge in [-0.25, -0.2) is 0 Å². The Morgan fingerprint density at radius 1 is 1.10 bits per heavy atom. The van der Waals surface area contributed by atoms with Gasteiger partial charge in [0.1, 0.15) is 13.6 Å². The van der Waals surface area contributed by atoms with Crippen molar-refractivity contribution < 1.29 is 19.1 Å². The Labute approximate surface area is 177 Å². The van der Waals surface area contributed by atoms with E-state index in [2.05, 4.69) is 30.6 Å². The molecule has 6 nitrogen and oxygen atoms in total. The summed E-state index contributed by atoms with van der Waals surface area (Å²) in [6.07, 6.45) is 0. The van der Waals surface area contributed by atoms with Gasteiger partial charge in [0, 0.05) is 41.4 Å². The second-order valence-electron chi connectivity index (χ2n) is 8.67. The third-order valence-electron chi connectivity index (χ3n) is 7.11. The highest BCUT2D eigenvalue weighted by Gasteiger charge is 2.55. The fourth-order valence-corrected chi connectivity index (χ4v) is 4.95. The van der Waals surface area contributed by atoms with Crippen LogP contribution in [0, 0.1) is 11.8 Å². The molecule has 1 saturated carbocycles. The maximum atomic E-state index is 13.1. The first kappa shape index (κ1) is 19.2. The van der Waals surface area contributed by atoms with Crippen LogP contribution in [-0.4, -0.2) is 59.8 Å². The molecule has 0 bridgehead atoms. The molecular weight excluding hydrogens is 378 g/mol. The quantitative estimate of drug-likeness (QED) is 0.686. The zero-order valence-corrected chi connectivity index (χ0v) is 17.4. The van der Waals surface area contributed by atoms with Crippen molar-refractivity contribution in [1.29, 1.82) is 0 Å². The van der Waals surface area contributed by atoms with Crippen LogP contribution in [0.25, 0.3) is 0 Å². The standard InChI is InChI=1S/C22H24B2N2O4/c1-25-20(28)13-7-11(19(27)26-17-14-9-29-10-15(14)17)8-16-18(13)30-21(23)22(16,24)12-5-3-2-4-6-12/h2-8,14-15,17,21H,9-10,23-24H2,1H3,(H,25,28)(H,26,27)/t14-,15+,17+,21?,22?. The van der Waals surface area contributed by atoms with Crippen LogP contribution in [0.2, 0.25) is 0 Å². The van der Waals surface area contributed by atoms with E-state index >= 15 is 0 Å². The summed E-state index contributed by atoms with van der Waals surface area (Å²) in [5.41, 5.74) is 2.83. The van der Waals surface area contributed by atoms with E-state index in [1.54, 1.807) is 13.1 Å². The van der Waals surface area contributed by atoms with Gasteiger partial charge in [0.2, 0.25) is 0 Å². The average Bonchev–Trinajstić information content (AvgIpc) is 3.09. The summed E-state index contributed by atoms with van der Waals surface area (Å²) in [6, 6.07) is 13.6. The van der Waals surface area contributed by atoms with Gasteiger partial charge in [0.25, 0.3) is 11.8 Å². The Kier molecular flexibility index (Phi) is 4.43. The molecule has 0 radical (unpaired) electrons. The normalized spacial score (nSPS) is 30.7. The summed E-state index contributed by atoms with van der Waals surface area (Å²) in [7, 11) is 5.70.